The van der Waals surface area contributed by atoms with E-state index < -0.39 is 11.6 Å². The van der Waals surface area contributed by atoms with Crippen LogP contribution in [0, 0.1) is 17.8 Å². The highest BCUT2D eigenvalue weighted by molar-refractivity contribution is 5.27. The number of ether oxygens (including phenoxy) is 1. The molecule has 4 fully saturated rings. The van der Waals surface area contributed by atoms with Crippen LogP contribution >= 0.6 is 0 Å². The lowest BCUT2D eigenvalue weighted by molar-refractivity contribution is -0.385. The Hall–Kier alpha value is -0.900. The van der Waals surface area contributed by atoms with Crippen molar-refractivity contribution in [3.63, 3.8) is 0 Å². The molecule has 3 nitrogen and oxygen atoms in total. The Labute approximate surface area is 157 Å². The van der Waals surface area contributed by atoms with Crippen LogP contribution in [-0.2, 0) is 19.9 Å². The highest BCUT2D eigenvalue weighted by atomic mass is 17.3. The lowest BCUT2D eigenvalue weighted by Crippen LogP contribution is -2.59. The SMILES string of the molecule is CC1CC2CC(C)(c3ccccc3)CC(C1)C21OOC2(CCCCC2)O1. The van der Waals surface area contributed by atoms with Crippen molar-refractivity contribution in [1.82, 2.24) is 0 Å². The Morgan fingerprint density at radius 2 is 1.54 bits per heavy atom. The second-order valence-corrected chi connectivity index (χ2v) is 9.77. The Kier molecular flexibility index (Phi) is 4.01. The molecule has 1 saturated heterocycles. The number of hydrogen-bond donors (Lipinski definition) is 0. The fraction of sp³-hybridized carbons (Fsp3) is 0.739. The summed E-state index contributed by atoms with van der Waals surface area (Å²) in [6, 6.07) is 11.1. The van der Waals surface area contributed by atoms with Gasteiger partial charge in [0, 0.05) is 24.7 Å². The molecule has 26 heavy (non-hydrogen) atoms. The van der Waals surface area contributed by atoms with Gasteiger partial charge >= 0.3 is 0 Å². The van der Waals surface area contributed by atoms with E-state index in [1.165, 1.54) is 37.7 Å². The summed E-state index contributed by atoms with van der Waals surface area (Å²) in [5, 5.41) is 0. The van der Waals surface area contributed by atoms with Gasteiger partial charge in [0.05, 0.1) is 0 Å². The first-order valence-corrected chi connectivity index (χ1v) is 10.7. The molecule has 3 saturated carbocycles. The molecular weight excluding hydrogens is 324 g/mol. The van der Waals surface area contributed by atoms with Gasteiger partial charge in [-0.1, -0.05) is 50.6 Å². The minimum Gasteiger partial charge on any atom is -0.312 e. The summed E-state index contributed by atoms with van der Waals surface area (Å²) >= 11 is 0. The summed E-state index contributed by atoms with van der Waals surface area (Å²) in [6.45, 7) is 4.83. The molecule has 2 bridgehead atoms. The third-order valence-electron chi connectivity index (χ3n) is 7.66. The van der Waals surface area contributed by atoms with Crippen molar-refractivity contribution in [3.8, 4) is 0 Å². The van der Waals surface area contributed by atoms with Crippen LogP contribution in [0.4, 0.5) is 0 Å². The van der Waals surface area contributed by atoms with Crippen LogP contribution < -0.4 is 0 Å². The van der Waals surface area contributed by atoms with Crippen LogP contribution in [0.15, 0.2) is 30.3 Å². The van der Waals surface area contributed by atoms with Crippen molar-refractivity contribution in [2.45, 2.75) is 88.6 Å². The van der Waals surface area contributed by atoms with Gasteiger partial charge in [0.25, 0.3) is 0 Å². The molecule has 2 unspecified atom stereocenters. The zero-order valence-electron chi connectivity index (χ0n) is 16.2. The molecule has 1 aromatic carbocycles. The molecule has 0 aromatic heterocycles. The molecule has 3 heteroatoms. The van der Waals surface area contributed by atoms with E-state index in [-0.39, 0.29) is 5.41 Å². The highest BCUT2D eigenvalue weighted by Gasteiger charge is 2.66. The third-order valence-corrected chi connectivity index (χ3v) is 7.66. The van der Waals surface area contributed by atoms with E-state index in [9.17, 15) is 0 Å². The fourth-order valence-corrected chi connectivity index (χ4v) is 6.47. The first kappa shape index (κ1) is 17.2. The van der Waals surface area contributed by atoms with E-state index in [1.54, 1.807) is 0 Å². The Bertz CT molecular complexity index is 633. The predicted molar refractivity (Wildman–Crippen MR) is 100 cm³/mol. The molecular formula is C23H32O3. The quantitative estimate of drug-likeness (QED) is 0.601. The average Bonchev–Trinajstić information content (AvgIpc) is 2.99. The molecule has 142 valence electrons. The van der Waals surface area contributed by atoms with Gasteiger partial charge in [-0.3, -0.25) is 0 Å². The lowest BCUT2D eigenvalue weighted by atomic mass is 9.54. The monoisotopic (exact) mass is 356 g/mol. The van der Waals surface area contributed by atoms with Gasteiger partial charge in [-0.2, -0.15) is 9.78 Å². The predicted octanol–water partition coefficient (Wildman–Crippen LogP) is 5.74. The van der Waals surface area contributed by atoms with E-state index in [0.29, 0.717) is 11.8 Å². The van der Waals surface area contributed by atoms with Crippen molar-refractivity contribution in [1.29, 1.82) is 0 Å². The van der Waals surface area contributed by atoms with Gasteiger partial charge in [-0.25, -0.2) is 0 Å². The smallest absolute Gasteiger partial charge is 0.210 e. The van der Waals surface area contributed by atoms with Gasteiger partial charge < -0.3 is 4.74 Å². The molecule has 1 aliphatic heterocycles. The van der Waals surface area contributed by atoms with E-state index in [0.717, 1.165) is 31.6 Å². The lowest BCUT2D eigenvalue weighted by Gasteiger charge is -2.55. The van der Waals surface area contributed by atoms with Crippen LogP contribution in [0.25, 0.3) is 0 Å². The molecule has 0 amide bonds. The largest absolute Gasteiger partial charge is 0.312 e. The summed E-state index contributed by atoms with van der Waals surface area (Å²) in [4.78, 5) is 12.2. The maximum absolute atomic E-state index is 6.82. The minimum atomic E-state index is -0.502. The maximum atomic E-state index is 6.82. The Morgan fingerprint density at radius 1 is 0.885 bits per heavy atom. The molecule has 2 spiro atoms. The van der Waals surface area contributed by atoms with Gasteiger partial charge in [0.1, 0.15) is 0 Å². The molecule has 3 aliphatic carbocycles. The molecule has 4 aliphatic rings. The summed E-state index contributed by atoms with van der Waals surface area (Å²) in [5.74, 6) is 0.604. The van der Waals surface area contributed by atoms with Crippen LogP contribution in [-0.4, -0.2) is 11.6 Å². The van der Waals surface area contributed by atoms with Crippen molar-refractivity contribution >= 4 is 0 Å². The second-order valence-electron chi connectivity index (χ2n) is 9.77. The molecule has 5 rings (SSSR count). The summed E-state index contributed by atoms with van der Waals surface area (Å²) < 4.78 is 6.82. The number of benzene rings is 1. The van der Waals surface area contributed by atoms with Crippen LogP contribution in [0.2, 0.25) is 0 Å². The molecule has 2 atom stereocenters. The molecule has 1 heterocycles. The van der Waals surface area contributed by atoms with Gasteiger partial charge in [-0.15, -0.1) is 0 Å². The summed E-state index contributed by atoms with van der Waals surface area (Å²) in [7, 11) is 0. The van der Waals surface area contributed by atoms with Crippen LogP contribution in [0.5, 0.6) is 0 Å². The van der Waals surface area contributed by atoms with E-state index >= 15 is 0 Å². The van der Waals surface area contributed by atoms with E-state index in [1.807, 2.05) is 0 Å². The van der Waals surface area contributed by atoms with Crippen LogP contribution in [0.3, 0.4) is 0 Å². The molecule has 0 N–H and O–H groups in total. The Balaban J connectivity index is 1.46. The Morgan fingerprint density at radius 3 is 2.19 bits per heavy atom. The van der Waals surface area contributed by atoms with Gasteiger partial charge in [-0.05, 0) is 55.4 Å². The standard InChI is InChI=1S/C23H32O3/c1-17-13-19-15-21(2,18-9-5-3-6-10-18)16-20(14-17)23(19)24-22(25-26-23)11-7-4-8-12-22/h3,5-6,9-10,17,19-20H,4,7-8,11-16H2,1-2H3. The highest BCUT2D eigenvalue weighted by Crippen LogP contribution is 2.62. The van der Waals surface area contributed by atoms with E-state index in [2.05, 4.69) is 44.2 Å². The number of rotatable bonds is 1. The number of hydrogen-bond acceptors (Lipinski definition) is 3. The third kappa shape index (κ3) is 2.58. The minimum absolute atomic E-state index is 0.205. The zero-order chi connectivity index (χ0) is 17.8. The van der Waals surface area contributed by atoms with Gasteiger partial charge in [0.15, 0.2) is 0 Å². The molecule has 0 radical (unpaired) electrons. The van der Waals surface area contributed by atoms with Crippen LogP contribution in [0.1, 0.15) is 77.2 Å². The molecule has 1 aromatic rings. The average molecular weight is 357 g/mol. The normalized spacial score (nSPS) is 44.5. The second kappa shape index (κ2) is 6.05. The zero-order valence-corrected chi connectivity index (χ0v) is 16.2. The summed E-state index contributed by atoms with van der Waals surface area (Å²) in [5.41, 5.74) is 1.67. The first-order chi connectivity index (χ1) is 12.5. The topological polar surface area (TPSA) is 27.7 Å². The van der Waals surface area contributed by atoms with Gasteiger partial charge in [0.2, 0.25) is 11.6 Å². The fourth-order valence-electron chi connectivity index (χ4n) is 6.47. The first-order valence-electron chi connectivity index (χ1n) is 10.7. The van der Waals surface area contributed by atoms with Crippen molar-refractivity contribution in [2.24, 2.45) is 17.8 Å². The maximum Gasteiger partial charge on any atom is 0.210 e. The van der Waals surface area contributed by atoms with Crippen molar-refractivity contribution in [2.75, 3.05) is 0 Å². The van der Waals surface area contributed by atoms with E-state index in [4.69, 9.17) is 14.5 Å². The van der Waals surface area contributed by atoms with Crippen molar-refractivity contribution < 1.29 is 14.5 Å². The van der Waals surface area contributed by atoms with Crippen molar-refractivity contribution in [3.05, 3.63) is 35.9 Å². The summed E-state index contributed by atoms with van der Waals surface area (Å²) in [6.07, 6.45) is 10.2.